The van der Waals surface area contributed by atoms with Gasteiger partial charge in [0.15, 0.2) is 0 Å². The van der Waals surface area contributed by atoms with E-state index in [9.17, 15) is 9.59 Å². The molecule has 0 heterocycles. The molecule has 0 fully saturated rings. The molecule has 1 amide bonds. The first kappa shape index (κ1) is 25.2. The summed E-state index contributed by atoms with van der Waals surface area (Å²) in [6.07, 6.45) is 1.47. The van der Waals surface area contributed by atoms with Crippen molar-refractivity contribution in [3.8, 4) is 17.2 Å². The third kappa shape index (κ3) is 7.29. The third-order valence-corrected chi connectivity index (χ3v) is 5.42. The summed E-state index contributed by atoms with van der Waals surface area (Å²) in [7, 11) is 1.56. The number of hydrazone groups is 1. The van der Waals surface area contributed by atoms with E-state index in [4.69, 9.17) is 14.2 Å². The molecule has 0 aliphatic carbocycles. The molecule has 4 rings (SSSR count). The average molecular weight is 495 g/mol. The Morgan fingerprint density at radius 2 is 1.49 bits per heavy atom. The Balaban J connectivity index is 1.28. The van der Waals surface area contributed by atoms with Gasteiger partial charge in [-0.3, -0.25) is 4.79 Å². The second-order valence-electron chi connectivity index (χ2n) is 8.19. The van der Waals surface area contributed by atoms with Gasteiger partial charge in [-0.15, -0.1) is 0 Å². The van der Waals surface area contributed by atoms with E-state index < -0.39 is 5.97 Å². The Kier molecular flexibility index (Phi) is 8.29. The van der Waals surface area contributed by atoms with E-state index in [0.717, 1.165) is 5.56 Å². The molecule has 0 aromatic heterocycles. The van der Waals surface area contributed by atoms with Gasteiger partial charge in [-0.05, 0) is 78.7 Å². The van der Waals surface area contributed by atoms with Gasteiger partial charge >= 0.3 is 5.97 Å². The third-order valence-electron chi connectivity index (χ3n) is 5.42. The first-order valence-electron chi connectivity index (χ1n) is 11.6. The van der Waals surface area contributed by atoms with Gasteiger partial charge in [0.2, 0.25) is 0 Å². The van der Waals surface area contributed by atoms with E-state index in [0.29, 0.717) is 40.5 Å². The van der Waals surface area contributed by atoms with Crippen molar-refractivity contribution in [2.45, 2.75) is 13.5 Å². The van der Waals surface area contributed by atoms with Crippen LogP contribution in [0.1, 0.15) is 37.4 Å². The van der Waals surface area contributed by atoms with Crippen LogP contribution in [0.5, 0.6) is 17.2 Å². The summed E-state index contributed by atoms with van der Waals surface area (Å²) in [5, 5.41) is 4.01. The van der Waals surface area contributed by atoms with Gasteiger partial charge in [0.05, 0.1) is 18.9 Å². The maximum absolute atomic E-state index is 12.4. The zero-order valence-corrected chi connectivity index (χ0v) is 20.5. The van der Waals surface area contributed by atoms with E-state index in [1.54, 1.807) is 79.9 Å². The second-order valence-corrected chi connectivity index (χ2v) is 8.19. The molecular formula is C30H26N2O5. The number of hydrogen-bond donors (Lipinski definition) is 1. The Morgan fingerprint density at radius 3 is 2.19 bits per heavy atom. The summed E-state index contributed by atoms with van der Waals surface area (Å²) < 4.78 is 16.3. The predicted molar refractivity (Wildman–Crippen MR) is 141 cm³/mol. The molecule has 7 nitrogen and oxygen atoms in total. The maximum atomic E-state index is 12.4. The smallest absolute Gasteiger partial charge is 0.343 e. The predicted octanol–water partition coefficient (Wildman–Crippen LogP) is 5.57. The van der Waals surface area contributed by atoms with Gasteiger partial charge in [0.1, 0.15) is 23.9 Å². The number of benzene rings is 4. The highest BCUT2D eigenvalue weighted by atomic mass is 16.5. The van der Waals surface area contributed by atoms with Crippen molar-refractivity contribution in [1.82, 2.24) is 5.43 Å². The number of amides is 1. The zero-order chi connectivity index (χ0) is 26.0. The number of carbonyl (C=O) groups excluding carboxylic acids is 2. The van der Waals surface area contributed by atoms with Crippen molar-refractivity contribution >= 4 is 18.1 Å². The quantitative estimate of drug-likeness (QED) is 0.142. The van der Waals surface area contributed by atoms with Gasteiger partial charge in [-0.1, -0.05) is 42.0 Å². The van der Waals surface area contributed by atoms with Crippen LogP contribution in [-0.4, -0.2) is 25.2 Å². The molecule has 7 heteroatoms. The topological polar surface area (TPSA) is 86.2 Å². The molecule has 37 heavy (non-hydrogen) atoms. The summed E-state index contributed by atoms with van der Waals surface area (Å²) in [5.74, 6) is 0.831. The molecule has 0 atom stereocenters. The van der Waals surface area contributed by atoms with Crippen molar-refractivity contribution in [2.75, 3.05) is 7.11 Å². The highest BCUT2D eigenvalue weighted by molar-refractivity contribution is 5.95. The standard InChI is InChI=1S/C30H26N2O5/c1-21-6-8-22(9-7-21)20-36-27-16-10-24(11-17-27)29(33)32-31-19-23-4-3-5-28(18-23)37-30(34)25-12-14-26(35-2)15-13-25/h3-19H,20H2,1-2H3,(H,32,33). The highest BCUT2D eigenvalue weighted by Crippen LogP contribution is 2.17. The first-order valence-corrected chi connectivity index (χ1v) is 11.6. The molecular weight excluding hydrogens is 468 g/mol. The van der Waals surface area contributed by atoms with Crippen LogP contribution in [0.4, 0.5) is 0 Å². The number of ether oxygens (including phenoxy) is 3. The van der Waals surface area contributed by atoms with E-state index in [1.807, 2.05) is 31.2 Å². The SMILES string of the molecule is COc1ccc(C(=O)Oc2cccc(C=NNC(=O)c3ccc(OCc4ccc(C)cc4)cc3)c2)cc1. The van der Waals surface area contributed by atoms with Crippen LogP contribution in [0.2, 0.25) is 0 Å². The fraction of sp³-hybridized carbons (Fsp3) is 0.100. The Labute approximate surface area is 215 Å². The number of carbonyl (C=O) groups is 2. The van der Waals surface area contributed by atoms with Crippen LogP contribution in [0.15, 0.2) is 102 Å². The minimum Gasteiger partial charge on any atom is -0.497 e. The lowest BCUT2D eigenvalue weighted by atomic mass is 10.2. The zero-order valence-electron chi connectivity index (χ0n) is 20.5. The number of aryl methyl sites for hydroxylation is 1. The van der Waals surface area contributed by atoms with Crippen LogP contribution in [0.25, 0.3) is 0 Å². The summed E-state index contributed by atoms with van der Waals surface area (Å²) >= 11 is 0. The fourth-order valence-electron chi connectivity index (χ4n) is 3.33. The van der Waals surface area contributed by atoms with Crippen molar-refractivity contribution in [3.63, 3.8) is 0 Å². The van der Waals surface area contributed by atoms with Gasteiger partial charge in [0, 0.05) is 5.56 Å². The lowest BCUT2D eigenvalue weighted by molar-refractivity contribution is 0.0734. The normalized spacial score (nSPS) is 10.6. The van der Waals surface area contributed by atoms with Crippen LogP contribution in [-0.2, 0) is 6.61 Å². The number of hydrogen-bond acceptors (Lipinski definition) is 6. The monoisotopic (exact) mass is 494 g/mol. The second kappa shape index (κ2) is 12.2. The Hall–Kier alpha value is -4.91. The van der Waals surface area contributed by atoms with E-state index in [-0.39, 0.29) is 5.91 Å². The summed E-state index contributed by atoms with van der Waals surface area (Å²) in [6.45, 7) is 2.49. The molecule has 0 bridgehead atoms. The number of esters is 1. The van der Waals surface area contributed by atoms with Gasteiger partial charge in [-0.25, -0.2) is 10.2 Å². The van der Waals surface area contributed by atoms with Gasteiger partial charge in [0.25, 0.3) is 5.91 Å². The Morgan fingerprint density at radius 1 is 0.811 bits per heavy atom. The molecule has 0 radical (unpaired) electrons. The summed E-state index contributed by atoms with van der Waals surface area (Å²) in [4.78, 5) is 24.8. The molecule has 4 aromatic rings. The molecule has 1 N–H and O–H groups in total. The molecule has 0 aliphatic rings. The van der Waals surface area contributed by atoms with E-state index in [2.05, 4.69) is 10.5 Å². The van der Waals surface area contributed by atoms with Crippen LogP contribution < -0.4 is 19.6 Å². The lowest BCUT2D eigenvalue weighted by Gasteiger charge is -2.07. The average Bonchev–Trinajstić information content (AvgIpc) is 2.93. The Bertz CT molecular complexity index is 1380. The van der Waals surface area contributed by atoms with Crippen molar-refractivity contribution in [3.05, 3.63) is 125 Å². The van der Waals surface area contributed by atoms with E-state index >= 15 is 0 Å². The molecule has 0 spiro atoms. The molecule has 4 aromatic carbocycles. The summed E-state index contributed by atoms with van der Waals surface area (Å²) in [6, 6.07) is 28.4. The number of rotatable bonds is 9. The fourth-order valence-corrected chi connectivity index (χ4v) is 3.33. The molecule has 0 saturated heterocycles. The van der Waals surface area contributed by atoms with Crippen molar-refractivity contribution in [1.29, 1.82) is 0 Å². The summed E-state index contributed by atoms with van der Waals surface area (Å²) in [5.41, 5.74) is 6.27. The van der Waals surface area contributed by atoms with Crippen molar-refractivity contribution in [2.24, 2.45) is 5.10 Å². The van der Waals surface area contributed by atoms with Crippen molar-refractivity contribution < 1.29 is 23.8 Å². The molecule has 0 unspecified atom stereocenters. The number of nitrogens with zero attached hydrogens (tertiary/aromatic N) is 1. The number of methoxy groups -OCH3 is 1. The van der Waals surface area contributed by atoms with Crippen LogP contribution in [0.3, 0.4) is 0 Å². The number of nitrogens with one attached hydrogen (secondary N) is 1. The largest absolute Gasteiger partial charge is 0.497 e. The van der Waals surface area contributed by atoms with E-state index in [1.165, 1.54) is 11.8 Å². The maximum Gasteiger partial charge on any atom is 0.343 e. The van der Waals surface area contributed by atoms with Gasteiger partial charge < -0.3 is 14.2 Å². The van der Waals surface area contributed by atoms with Crippen LogP contribution >= 0.6 is 0 Å². The molecule has 186 valence electrons. The first-order chi connectivity index (χ1) is 18.0. The van der Waals surface area contributed by atoms with Gasteiger partial charge in [-0.2, -0.15) is 5.10 Å². The minimum absolute atomic E-state index is 0.358. The highest BCUT2D eigenvalue weighted by Gasteiger charge is 2.09. The van der Waals surface area contributed by atoms with Crippen LogP contribution in [0, 0.1) is 6.92 Å². The minimum atomic E-state index is -0.490. The lowest BCUT2D eigenvalue weighted by Crippen LogP contribution is -2.17. The molecule has 0 aliphatic heterocycles. The molecule has 0 saturated carbocycles.